The van der Waals surface area contributed by atoms with Crippen LogP contribution in [0, 0.1) is 5.82 Å². The fraction of sp³-hybridized carbons (Fsp3) is 0.462. The lowest BCUT2D eigenvalue weighted by molar-refractivity contribution is -0.142. The van der Waals surface area contributed by atoms with Gasteiger partial charge in [0.05, 0.1) is 0 Å². The van der Waals surface area contributed by atoms with Gasteiger partial charge in [-0.25, -0.2) is 4.39 Å². The Kier molecular flexibility index (Phi) is 10.2. The van der Waals surface area contributed by atoms with Gasteiger partial charge in [-0.1, -0.05) is 83.5 Å². The molecule has 1 atom stereocenters. The molecule has 0 saturated heterocycles. The average molecular weight is 538 g/mol. The molecule has 7 heteroatoms. The molecule has 1 saturated carbocycles. The third-order valence-corrected chi connectivity index (χ3v) is 7.02. The third kappa shape index (κ3) is 7.54. The maximum Gasteiger partial charge on any atom is 0.247 e. The highest BCUT2D eigenvalue weighted by molar-refractivity contribution is 9.09. The Bertz CT molecular complexity index is 917. The molecule has 0 aliphatic heterocycles. The van der Waals surface area contributed by atoms with E-state index in [0.717, 1.165) is 31.2 Å². The molecule has 178 valence electrons. The van der Waals surface area contributed by atoms with Gasteiger partial charge in [0, 0.05) is 29.4 Å². The first kappa shape index (κ1) is 25.7. The molecule has 1 aliphatic carbocycles. The van der Waals surface area contributed by atoms with Crippen LogP contribution >= 0.6 is 27.5 Å². The predicted molar refractivity (Wildman–Crippen MR) is 134 cm³/mol. The lowest BCUT2D eigenvalue weighted by atomic mass is 10.0. The molecule has 4 nitrogen and oxygen atoms in total. The van der Waals surface area contributed by atoms with E-state index in [1.807, 2.05) is 18.2 Å². The van der Waals surface area contributed by atoms with Crippen LogP contribution < -0.4 is 5.32 Å². The van der Waals surface area contributed by atoms with Crippen LogP contribution in [0.1, 0.15) is 68.5 Å². The Hall–Kier alpha value is -1.92. The van der Waals surface area contributed by atoms with Crippen LogP contribution in [0.4, 0.5) is 4.39 Å². The van der Waals surface area contributed by atoms with Crippen molar-refractivity contribution in [3.63, 3.8) is 0 Å². The first-order chi connectivity index (χ1) is 16.0. The minimum atomic E-state index is -0.868. The fourth-order valence-corrected chi connectivity index (χ4v) is 4.79. The molecule has 1 aliphatic rings. The van der Waals surface area contributed by atoms with Crippen molar-refractivity contribution in [2.24, 2.45) is 0 Å². The minimum Gasteiger partial charge on any atom is -0.351 e. The number of hydrogen-bond donors (Lipinski definition) is 1. The van der Waals surface area contributed by atoms with E-state index in [2.05, 4.69) is 21.2 Å². The molecule has 3 rings (SSSR count). The fourth-order valence-electron chi connectivity index (χ4n) is 4.32. The molecule has 1 unspecified atom stereocenters. The summed E-state index contributed by atoms with van der Waals surface area (Å²) in [5, 5.41) is 4.42. The van der Waals surface area contributed by atoms with Crippen molar-refractivity contribution >= 4 is 39.3 Å². The van der Waals surface area contributed by atoms with Crippen LogP contribution in [-0.4, -0.2) is 28.1 Å². The van der Waals surface area contributed by atoms with Crippen molar-refractivity contribution in [2.75, 3.05) is 5.33 Å². The van der Waals surface area contributed by atoms with Gasteiger partial charge in [-0.15, -0.1) is 0 Å². The zero-order valence-electron chi connectivity index (χ0n) is 18.7. The second-order valence-corrected chi connectivity index (χ2v) is 9.76. The normalized spacial score (nSPS) is 15.5. The summed E-state index contributed by atoms with van der Waals surface area (Å²) in [6, 6.07) is 12.4. The highest BCUT2D eigenvalue weighted by Crippen LogP contribution is 2.28. The Morgan fingerprint density at radius 3 is 2.36 bits per heavy atom. The Morgan fingerprint density at radius 1 is 1.06 bits per heavy atom. The number of benzene rings is 2. The minimum absolute atomic E-state index is 0.0859. The van der Waals surface area contributed by atoms with E-state index in [1.165, 1.54) is 25.0 Å². The summed E-state index contributed by atoms with van der Waals surface area (Å²) in [4.78, 5) is 28.6. The van der Waals surface area contributed by atoms with Gasteiger partial charge in [0.15, 0.2) is 0 Å². The first-order valence-corrected chi connectivity index (χ1v) is 13.1. The van der Waals surface area contributed by atoms with Crippen molar-refractivity contribution in [1.29, 1.82) is 0 Å². The quantitative estimate of drug-likeness (QED) is 0.291. The summed E-state index contributed by atoms with van der Waals surface area (Å²) in [7, 11) is 0. The standard InChI is InChI=1S/C26H31BrClFN2O2/c27-17-7-12-24(32)31(18-20-8-5-6-11-23(20)28)25(19-13-15-21(29)16-14-19)26(33)30-22-9-3-1-2-4-10-22/h5-6,8,11,13-16,22,25H,1-4,7,9-10,12,17-18H2,(H,30,33). The lowest BCUT2D eigenvalue weighted by Crippen LogP contribution is -2.46. The van der Waals surface area contributed by atoms with Crippen molar-refractivity contribution in [1.82, 2.24) is 10.2 Å². The largest absolute Gasteiger partial charge is 0.351 e. The van der Waals surface area contributed by atoms with E-state index in [4.69, 9.17) is 11.6 Å². The summed E-state index contributed by atoms with van der Waals surface area (Å²) in [6.07, 6.45) is 7.34. The monoisotopic (exact) mass is 536 g/mol. The number of rotatable bonds is 9. The number of carbonyl (C=O) groups is 2. The van der Waals surface area contributed by atoms with E-state index in [0.29, 0.717) is 28.8 Å². The van der Waals surface area contributed by atoms with Gasteiger partial charge in [0.2, 0.25) is 11.8 Å². The number of halogens is 3. The molecule has 1 fully saturated rings. The van der Waals surface area contributed by atoms with E-state index in [9.17, 15) is 14.0 Å². The highest BCUT2D eigenvalue weighted by atomic mass is 79.9. The lowest BCUT2D eigenvalue weighted by Gasteiger charge is -2.33. The van der Waals surface area contributed by atoms with Crippen LogP contribution in [0.15, 0.2) is 48.5 Å². The number of nitrogens with one attached hydrogen (secondary N) is 1. The van der Waals surface area contributed by atoms with Gasteiger partial charge in [-0.3, -0.25) is 9.59 Å². The molecule has 33 heavy (non-hydrogen) atoms. The Labute approximate surface area is 209 Å². The van der Waals surface area contributed by atoms with E-state index in [1.54, 1.807) is 23.1 Å². The SMILES string of the molecule is O=C(NC1CCCCCC1)C(c1ccc(F)cc1)N(Cc1ccccc1Cl)C(=O)CCCBr. The molecule has 0 radical (unpaired) electrons. The maximum atomic E-state index is 13.7. The smallest absolute Gasteiger partial charge is 0.247 e. The van der Waals surface area contributed by atoms with Crippen molar-refractivity contribution in [3.05, 3.63) is 70.5 Å². The first-order valence-electron chi connectivity index (χ1n) is 11.6. The number of amides is 2. The summed E-state index contributed by atoms with van der Waals surface area (Å²) >= 11 is 9.79. The van der Waals surface area contributed by atoms with Crippen LogP contribution in [0.2, 0.25) is 5.02 Å². The molecule has 0 spiro atoms. The van der Waals surface area contributed by atoms with Crippen LogP contribution in [0.5, 0.6) is 0 Å². The second kappa shape index (κ2) is 13.1. The van der Waals surface area contributed by atoms with E-state index in [-0.39, 0.29) is 30.2 Å². The summed E-state index contributed by atoms with van der Waals surface area (Å²) < 4.78 is 13.7. The van der Waals surface area contributed by atoms with Gasteiger partial charge >= 0.3 is 0 Å². The highest BCUT2D eigenvalue weighted by Gasteiger charge is 2.33. The van der Waals surface area contributed by atoms with E-state index < -0.39 is 6.04 Å². The van der Waals surface area contributed by atoms with Gasteiger partial charge in [0.1, 0.15) is 11.9 Å². The van der Waals surface area contributed by atoms with Crippen LogP contribution in [0.25, 0.3) is 0 Å². The molecule has 1 N–H and O–H groups in total. The number of nitrogens with zero attached hydrogens (tertiary/aromatic N) is 1. The summed E-state index contributed by atoms with van der Waals surface area (Å²) in [5.41, 5.74) is 1.35. The second-order valence-electron chi connectivity index (χ2n) is 8.56. The molecule has 0 bridgehead atoms. The van der Waals surface area contributed by atoms with Crippen molar-refractivity contribution in [3.8, 4) is 0 Å². The van der Waals surface area contributed by atoms with Crippen molar-refractivity contribution < 1.29 is 14.0 Å². The topological polar surface area (TPSA) is 49.4 Å². The molecule has 2 amide bonds. The average Bonchev–Trinajstić information content (AvgIpc) is 3.08. The number of hydrogen-bond acceptors (Lipinski definition) is 2. The van der Waals surface area contributed by atoms with Crippen LogP contribution in [-0.2, 0) is 16.1 Å². The van der Waals surface area contributed by atoms with E-state index >= 15 is 0 Å². The molecule has 0 heterocycles. The molecular weight excluding hydrogens is 507 g/mol. The number of carbonyl (C=O) groups excluding carboxylic acids is 2. The number of alkyl halides is 1. The summed E-state index contributed by atoms with van der Waals surface area (Å²) in [5.74, 6) is -0.752. The predicted octanol–water partition coefficient (Wildman–Crippen LogP) is 6.56. The zero-order chi connectivity index (χ0) is 23.6. The zero-order valence-corrected chi connectivity index (χ0v) is 21.1. The third-order valence-electron chi connectivity index (χ3n) is 6.09. The van der Waals surface area contributed by atoms with Crippen LogP contribution in [0.3, 0.4) is 0 Å². The van der Waals surface area contributed by atoms with Gasteiger partial charge < -0.3 is 10.2 Å². The molecular formula is C26H31BrClFN2O2. The Morgan fingerprint density at radius 2 is 1.73 bits per heavy atom. The summed E-state index contributed by atoms with van der Waals surface area (Å²) in [6.45, 7) is 0.195. The van der Waals surface area contributed by atoms with Gasteiger partial charge in [0.25, 0.3) is 0 Å². The Balaban J connectivity index is 1.96. The molecule has 2 aromatic rings. The maximum absolute atomic E-state index is 13.7. The molecule has 2 aromatic carbocycles. The van der Waals surface area contributed by atoms with Gasteiger partial charge in [-0.2, -0.15) is 0 Å². The molecule has 0 aromatic heterocycles. The van der Waals surface area contributed by atoms with Gasteiger partial charge in [-0.05, 0) is 48.6 Å². The van der Waals surface area contributed by atoms with Crippen molar-refractivity contribution in [2.45, 2.75) is 70.0 Å².